The molecule has 6 heteroatoms. The van der Waals surface area contributed by atoms with E-state index in [1.54, 1.807) is 18.2 Å². The first-order chi connectivity index (χ1) is 13.1. The predicted octanol–water partition coefficient (Wildman–Crippen LogP) is 3.78. The van der Waals surface area contributed by atoms with Gasteiger partial charge in [0.05, 0.1) is 20.8 Å². The number of amides is 1. The summed E-state index contributed by atoms with van der Waals surface area (Å²) < 4.78 is 10.5. The molecule has 0 bridgehead atoms. The number of aliphatic hydroxyl groups is 1. The van der Waals surface area contributed by atoms with E-state index in [2.05, 4.69) is 5.32 Å². The Hall–Kier alpha value is -2.83. The minimum atomic E-state index is -0.671. The predicted molar refractivity (Wildman–Crippen MR) is 106 cm³/mol. The number of ether oxygens (including phenoxy) is 2. The number of aliphatic hydroxyl groups excluding tert-OH is 1. The molecule has 5 nitrogen and oxygen atoms in total. The summed E-state index contributed by atoms with van der Waals surface area (Å²) in [4.78, 5) is 14.4. The van der Waals surface area contributed by atoms with Crippen LogP contribution in [0.15, 0.2) is 60.7 Å². The van der Waals surface area contributed by atoms with Gasteiger partial charge in [-0.25, -0.2) is 0 Å². The Labute approximate surface area is 162 Å². The van der Waals surface area contributed by atoms with Crippen molar-refractivity contribution in [3.8, 4) is 11.5 Å². The number of thiophene rings is 1. The molecular weight excluding hydrogens is 362 g/mol. The van der Waals surface area contributed by atoms with Crippen molar-refractivity contribution in [1.82, 2.24) is 5.32 Å². The van der Waals surface area contributed by atoms with Crippen molar-refractivity contribution in [3.05, 3.63) is 81.5 Å². The van der Waals surface area contributed by atoms with Crippen LogP contribution in [0, 0.1) is 0 Å². The van der Waals surface area contributed by atoms with E-state index in [1.165, 1.54) is 25.6 Å². The van der Waals surface area contributed by atoms with E-state index < -0.39 is 6.10 Å². The smallest absolute Gasteiger partial charge is 0.259 e. The van der Waals surface area contributed by atoms with Crippen molar-refractivity contribution < 1.29 is 19.4 Å². The average molecular weight is 383 g/mol. The Bertz CT molecular complexity index is 885. The van der Waals surface area contributed by atoms with Crippen LogP contribution in [0.3, 0.4) is 0 Å². The van der Waals surface area contributed by atoms with Crippen LogP contribution in [0.5, 0.6) is 11.5 Å². The van der Waals surface area contributed by atoms with Crippen LogP contribution in [-0.4, -0.2) is 25.2 Å². The summed E-state index contributed by atoms with van der Waals surface area (Å²) in [5.41, 5.74) is 1.21. The topological polar surface area (TPSA) is 67.8 Å². The van der Waals surface area contributed by atoms with Crippen LogP contribution in [0.25, 0.3) is 0 Å². The minimum Gasteiger partial charge on any atom is -0.496 e. The second kappa shape index (κ2) is 8.70. The van der Waals surface area contributed by atoms with Crippen LogP contribution >= 0.6 is 11.3 Å². The second-order valence-electron chi connectivity index (χ2n) is 5.84. The number of hydrogen-bond donors (Lipinski definition) is 2. The highest BCUT2D eigenvalue weighted by Crippen LogP contribution is 2.30. The van der Waals surface area contributed by atoms with Crippen LogP contribution in [0.2, 0.25) is 0 Å². The molecule has 27 heavy (non-hydrogen) atoms. The molecule has 0 aliphatic rings. The Morgan fingerprint density at radius 3 is 2.30 bits per heavy atom. The van der Waals surface area contributed by atoms with Gasteiger partial charge in [0.2, 0.25) is 0 Å². The molecule has 0 saturated carbocycles. The molecule has 1 heterocycles. The largest absolute Gasteiger partial charge is 0.496 e. The number of carbonyl (C=O) groups is 1. The molecular formula is C21H21NO4S. The van der Waals surface area contributed by atoms with Gasteiger partial charge in [-0.05, 0) is 29.8 Å². The van der Waals surface area contributed by atoms with Crippen molar-refractivity contribution in [2.45, 2.75) is 12.6 Å². The number of rotatable bonds is 7. The van der Waals surface area contributed by atoms with Gasteiger partial charge in [0.1, 0.15) is 23.2 Å². The maximum absolute atomic E-state index is 12.6. The fourth-order valence-corrected chi connectivity index (χ4v) is 3.73. The molecule has 140 valence electrons. The van der Waals surface area contributed by atoms with Gasteiger partial charge in [-0.3, -0.25) is 4.79 Å². The molecule has 1 unspecified atom stereocenters. The first-order valence-electron chi connectivity index (χ1n) is 8.45. The SMILES string of the molecule is COc1cccc(OC)c1C(=O)NCc1ccc(C(O)c2ccccc2)s1. The Balaban J connectivity index is 1.70. The first kappa shape index (κ1) is 18.9. The lowest BCUT2D eigenvalue weighted by Gasteiger charge is -2.12. The Kier molecular flexibility index (Phi) is 6.11. The van der Waals surface area contributed by atoms with E-state index in [0.717, 1.165) is 15.3 Å². The Morgan fingerprint density at radius 1 is 1.00 bits per heavy atom. The van der Waals surface area contributed by atoms with Crippen LogP contribution in [0.4, 0.5) is 0 Å². The van der Waals surface area contributed by atoms with Crippen molar-refractivity contribution >= 4 is 17.2 Å². The van der Waals surface area contributed by atoms with Gasteiger partial charge in [0.25, 0.3) is 5.91 Å². The maximum atomic E-state index is 12.6. The normalized spacial score (nSPS) is 11.7. The number of benzene rings is 2. The van der Waals surface area contributed by atoms with Gasteiger partial charge in [-0.15, -0.1) is 11.3 Å². The molecule has 0 radical (unpaired) electrons. The van der Waals surface area contributed by atoms with Gasteiger partial charge in [0.15, 0.2) is 0 Å². The lowest BCUT2D eigenvalue weighted by Crippen LogP contribution is -2.23. The monoisotopic (exact) mass is 383 g/mol. The zero-order chi connectivity index (χ0) is 19.2. The van der Waals surface area contributed by atoms with E-state index >= 15 is 0 Å². The molecule has 1 aromatic heterocycles. The standard InChI is InChI=1S/C21H21NO4S/c1-25-16-9-6-10-17(26-2)19(16)21(24)22-13-15-11-12-18(27-15)20(23)14-7-4-3-5-8-14/h3-12,20,23H,13H2,1-2H3,(H,22,24). The second-order valence-corrected chi connectivity index (χ2v) is 7.04. The fourth-order valence-electron chi connectivity index (χ4n) is 2.77. The molecule has 3 rings (SSSR count). The van der Waals surface area contributed by atoms with Gasteiger partial charge < -0.3 is 19.9 Å². The molecule has 2 aromatic carbocycles. The number of nitrogens with one attached hydrogen (secondary N) is 1. The van der Waals surface area contributed by atoms with E-state index in [1.807, 2.05) is 42.5 Å². The molecule has 3 aromatic rings. The van der Waals surface area contributed by atoms with Crippen molar-refractivity contribution in [2.75, 3.05) is 14.2 Å². The number of methoxy groups -OCH3 is 2. The fraction of sp³-hybridized carbons (Fsp3) is 0.190. The molecule has 0 aliphatic carbocycles. The van der Waals surface area contributed by atoms with Crippen molar-refractivity contribution in [1.29, 1.82) is 0 Å². The molecule has 1 atom stereocenters. The summed E-state index contributed by atoms with van der Waals surface area (Å²) in [5.74, 6) is 0.638. The van der Waals surface area contributed by atoms with Crippen molar-refractivity contribution in [3.63, 3.8) is 0 Å². The molecule has 0 fully saturated rings. The van der Waals surface area contributed by atoms with Gasteiger partial charge in [-0.1, -0.05) is 36.4 Å². The third kappa shape index (κ3) is 4.30. The number of hydrogen-bond acceptors (Lipinski definition) is 5. The molecule has 0 spiro atoms. The van der Waals surface area contributed by atoms with E-state index in [4.69, 9.17) is 9.47 Å². The lowest BCUT2D eigenvalue weighted by atomic mass is 10.1. The lowest BCUT2D eigenvalue weighted by molar-refractivity contribution is 0.0945. The van der Waals surface area contributed by atoms with E-state index in [-0.39, 0.29) is 5.91 Å². The summed E-state index contributed by atoms with van der Waals surface area (Å²) >= 11 is 1.47. The van der Waals surface area contributed by atoms with Gasteiger partial charge in [-0.2, -0.15) is 0 Å². The van der Waals surface area contributed by atoms with Gasteiger partial charge >= 0.3 is 0 Å². The molecule has 0 aliphatic heterocycles. The highest BCUT2D eigenvalue weighted by atomic mass is 32.1. The van der Waals surface area contributed by atoms with E-state index in [9.17, 15) is 9.90 Å². The summed E-state index contributed by atoms with van der Waals surface area (Å²) in [6.07, 6.45) is -0.671. The zero-order valence-corrected chi connectivity index (χ0v) is 16.0. The molecule has 0 saturated heterocycles. The molecule has 1 amide bonds. The van der Waals surface area contributed by atoms with Crippen LogP contribution in [-0.2, 0) is 6.54 Å². The summed E-state index contributed by atoms with van der Waals surface area (Å²) in [5, 5.41) is 13.4. The summed E-state index contributed by atoms with van der Waals surface area (Å²) in [6, 6.07) is 18.5. The molecule has 2 N–H and O–H groups in total. The third-order valence-corrected chi connectivity index (χ3v) is 5.28. The average Bonchev–Trinajstić information content (AvgIpc) is 3.20. The minimum absolute atomic E-state index is 0.275. The Morgan fingerprint density at radius 2 is 1.67 bits per heavy atom. The first-order valence-corrected chi connectivity index (χ1v) is 9.26. The number of carbonyl (C=O) groups excluding carboxylic acids is 1. The van der Waals surface area contributed by atoms with Crippen LogP contribution in [0.1, 0.15) is 31.8 Å². The summed E-state index contributed by atoms with van der Waals surface area (Å²) in [6.45, 7) is 0.353. The van der Waals surface area contributed by atoms with E-state index in [0.29, 0.717) is 23.6 Å². The third-order valence-electron chi connectivity index (χ3n) is 4.15. The summed E-state index contributed by atoms with van der Waals surface area (Å²) in [7, 11) is 3.03. The zero-order valence-electron chi connectivity index (χ0n) is 15.1. The highest BCUT2D eigenvalue weighted by Gasteiger charge is 2.18. The van der Waals surface area contributed by atoms with Crippen LogP contribution < -0.4 is 14.8 Å². The van der Waals surface area contributed by atoms with Gasteiger partial charge in [0, 0.05) is 9.75 Å². The maximum Gasteiger partial charge on any atom is 0.259 e. The highest BCUT2D eigenvalue weighted by molar-refractivity contribution is 7.12. The quantitative estimate of drug-likeness (QED) is 0.652. The van der Waals surface area contributed by atoms with Crippen molar-refractivity contribution in [2.24, 2.45) is 0 Å².